The maximum atomic E-state index is 13.5. The van der Waals surface area contributed by atoms with E-state index < -0.39 is 5.82 Å². The van der Waals surface area contributed by atoms with Crippen LogP contribution in [-0.4, -0.2) is 23.9 Å². The minimum absolute atomic E-state index is 0.179. The normalized spacial score (nSPS) is 24.8. The molecule has 0 radical (unpaired) electrons. The van der Waals surface area contributed by atoms with E-state index in [9.17, 15) is 9.18 Å². The van der Waals surface area contributed by atoms with Crippen molar-refractivity contribution in [1.29, 1.82) is 0 Å². The molecule has 2 nitrogen and oxygen atoms in total. The Morgan fingerprint density at radius 3 is 2.41 bits per heavy atom. The van der Waals surface area contributed by atoms with Crippen molar-refractivity contribution >= 4 is 5.91 Å². The van der Waals surface area contributed by atoms with Crippen LogP contribution in [-0.2, 0) is 0 Å². The summed E-state index contributed by atoms with van der Waals surface area (Å²) in [5, 5.41) is 0. The predicted octanol–water partition coefficient (Wildman–Crippen LogP) is 2.94. The number of amides is 1. The fraction of sp³-hybridized carbons (Fsp3) is 0.500. The standard InChI is InChI=1S/C14H18FNO/c1-10-7-11(2)9-16(8-10)14(17)12-5-3-4-6-13(12)15/h3-6,10-11H,7-9H2,1-2H3/t10-,11-/m0/s1. The first-order valence-electron chi connectivity index (χ1n) is 6.11. The molecule has 1 fully saturated rings. The van der Waals surface area contributed by atoms with Gasteiger partial charge in [-0.1, -0.05) is 26.0 Å². The zero-order valence-electron chi connectivity index (χ0n) is 10.3. The number of hydrogen-bond acceptors (Lipinski definition) is 1. The minimum atomic E-state index is -0.427. The molecule has 1 aliphatic rings. The predicted molar refractivity (Wildman–Crippen MR) is 65.2 cm³/mol. The first kappa shape index (κ1) is 12.1. The molecule has 0 saturated carbocycles. The molecular weight excluding hydrogens is 217 g/mol. The topological polar surface area (TPSA) is 20.3 Å². The largest absolute Gasteiger partial charge is 0.338 e. The minimum Gasteiger partial charge on any atom is -0.338 e. The van der Waals surface area contributed by atoms with Crippen molar-refractivity contribution < 1.29 is 9.18 Å². The molecule has 1 amide bonds. The van der Waals surface area contributed by atoms with Gasteiger partial charge >= 0.3 is 0 Å². The van der Waals surface area contributed by atoms with E-state index in [0.717, 1.165) is 19.5 Å². The number of halogens is 1. The summed E-state index contributed by atoms with van der Waals surface area (Å²) in [6.07, 6.45) is 1.14. The molecule has 1 saturated heterocycles. The second kappa shape index (κ2) is 4.86. The molecule has 0 bridgehead atoms. The number of nitrogens with zero attached hydrogens (tertiary/aromatic N) is 1. The third-order valence-corrected chi connectivity index (χ3v) is 3.26. The molecule has 2 atom stereocenters. The summed E-state index contributed by atoms with van der Waals surface area (Å²) in [7, 11) is 0. The van der Waals surface area contributed by atoms with Crippen molar-refractivity contribution in [1.82, 2.24) is 4.90 Å². The highest BCUT2D eigenvalue weighted by Gasteiger charge is 2.27. The summed E-state index contributed by atoms with van der Waals surface area (Å²) in [5.41, 5.74) is 0.189. The Morgan fingerprint density at radius 1 is 1.24 bits per heavy atom. The highest BCUT2D eigenvalue weighted by atomic mass is 19.1. The molecule has 92 valence electrons. The lowest BCUT2D eigenvalue weighted by Crippen LogP contribution is -2.42. The van der Waals surface area contributed by atoms with E-state index in [-0.39, 0.29) is 11.5 Å². The van der Waals surface area contributed by atoms with Crippen LogP contribution in [0.15, 0.2) is 24.3 Å². The van der Waals surface area contributed by atoms with Crippen LogP contribution in [0, 0.1) is 17.7 Å². The Balaban J connectivity index is 2.17. The molecular formula is C14H18FNO. The summed E-state index contributed by atoms with van der Waals surface area (Å²) in [6.45, 7) is 5.74. The lowest BCUT2D eigenvalue weighted by atomic mass is 9.91. The van der Waals surface area contributed by atoms with Gasteiger partial charge in [0.15, 0.2) is 0 Å². The molecule has 1 heterocycles. The van der Waals surface area contributed by atoms with E-state index >= 15 is 0 Å². The van der Waals surface area contributed by atoms with Crippen LogP contribution in [0.5, 0.6) is 0 Å². The van der Waals surface area contributed by atoms with Gasteiger partial charge in [0.2, 0.25) is 0 Å². The smallest absolute Gasteiger partial charge is 0.256 e. The van der Waals surface area contributed by atoms with Crippen molar-refractivity contribution in [2.75, 3.05) is 13.1 Å². The van der Waals surface area contributed by atoms with Crippen molar-refractivity contribution in [3.05, 3.63) is 35.6 Å². The first-order valence-corrected chi connectivity index (χ1v) is 6.11. The molecule has 3 heteroatoms. The molecule has 1 aliphatic heterocycles. The fourth-order valence-electron chi connectivity index (χ4n) is 2.63. The van der Waals surface area contributed by atoms with E-state index in [1.807, 2.05) is 0 Å². The highest BCUT2D eigenvalue weighted by molar-refractivity contribution is 5.94. The molecule has 0 unspecified atom stereocenters. The van der Waals surface area contributed by atoms with E-state index in [2.05, 4.69) is 13.8 Å². The second-order valence-electron chi connectivity index (χ2n) is 5.14. The molecule has 1 aromatic carbocycles. The number of benzene rings is 1. The Kier molecular flexibility index (Phi) is 3.46. The average Bonchev–Trinajstić information content (AvgIpc) is 2.27. The number of rotatable bonds is 1. The fourth-order valence-corrected chi connectivity index (χ4v) is 2.63. The van der Waals surface area contributed by atoms with Gasteiger partial charge in [-0.15, -0.1) is 0 Å². The number of hydrogen-bond donors (Lipinski definition) is 0. The van der Waals surface area contributed by atoms with Gasteiger partial charge < -0.3 is 4.90 Å². The maximum absolute atomic E-state index is 13.5. The molecule has 2 rings (SSSR count). The Hall–Kier alpha value is -1.38. The Bertz CT molecular complexity index is 408. The van der Waals surface area contributed by atoms with Crippen molar-refractivity contribution in [2.45, 2.75) is 20.3 Å². The quantitative estimate of drug-likeness (QED) is 0.733. The molecule has 1 aromatic rings. The van der Waals surface area contributed by atoms with Crippen LogP contribution >= 0.6 is 0 Å². The monoisotopic (exact) mass is 235 g/mol. The number of carbonyl (C=O) groups excluding carboxylic acids is 1. The Labute approximate surface area is 101 Å². The lowest BCUT2D eigenvalue weighted by molar-refractivity contribution is 0.0618. The zero-order valence-corrected chi connectivity index (χ0v) is 10.3. The van der Waals surface area contributed by atoms with Crippen LogP contribution < -0.4 is 0 Å². The first-order chi connectivity index (χ1) is 8.08. The molecule has 0 N–H and O–H groups in total. The van der Waals surface area contributed by atoms with Gasteiger partial charge in [0.25, 0.3) is 5.91 Å². The van der Waals surface area contributed by atoms with Crippen LogP contribution in [0.4, 0.5) is 4.39 Å². The van der Waals surface area contributed by atoms with Crippen molar-refractivity contribution in [2.24, 2.45) is 11.8 Å². The summed E-state index contributed by atoms with van der Waals surface area (Å²) >= 11 is 0. The van der Waals surface area contributed by atoms with E-state index in [0.29, 0.717) is 11.8 Å². The van der Waals surface area contributed by atoms with E-state index in [4.69, 9.17) is 0 Å². The van der Waals surface area contributed by atoms with Crippen LogP contribution in [0.3, 0.4) is 0 Å². The van der Waals surface area contributed by atoms with E-state index in [1.54, 1.807) is 23.1 Å². The maximum Gasteiger partial charge on any atom is 0.256 e. The van der Waals surface area contributed by atoms with E-state index in [1.165, 1.54) is 6.07 Å². The number of likely N-dealkylation sites (tertiary alicyclic amines) is 1. The van der Waals surface area contributed by atoms with Crippen molar-refractivity contribution in [3.63, 3.8) is 0 Å². The number of carbonyl (C=O) groups is 1. The molecule has 0 aromatic heterocycles. The number of piperidine rings is 1. The summed E-state index contributed by atoms with van der Waals surface area (Å²) < 4.78 is 13.5. The summed E-state index contributed by atoms with van der Waals surface area (Å²) in [6, 6.07) is 6.20. The molecule has 0 aliphatic carbocycles. The van der Waals surface area contributed by atoms with Crippen LogP contribution in [0.1, 0.15) is 30.6 Å². The van der Waals surface area contributed by atoms with Gasteiger partial charge in [0, 0.05) is 13.1 Å². The lowest BCUT2D eigenvalue weighted by Gasteiger charge is -2.35. The van der Waals surface area contributed by atoms with Crippen LogP contribution in [0.25, 0.3) is 0 Å². The van der Waals surface area contributed by atoms with Gasteiger partial charge in [-0.05, 0) is 30.4 Å². The molecule has 0 spiro atoms. The summed E-state index contributed by atoms with van der Waals surface area (Å²) in [5.74, 6) is 0.383. The van der Waals surface area contributed by atoms with Gasteiger partial charge in [0.05, 0.1) is 5.56 Å². The third-order valence-electron chi connectivity index (χ3n) is 3.26. The second-order valence-corrected chi connectivity index (χ2v) is 5.14. The average molecular weight is 235 g/mol. The Morgan fingerprint density at radius 2 is 1.82 bits per heavy atom. The van der Waals surface area contributed by atoms with Crippen LogP contribution in [0.2, 0.25) is 0 Å². The molecule has 17 heavy (non-hydrogen) atoms. The van der Waals surface area contributed by atoms with Gasteiger partial charge in [-0.2, -0.15) is 0 Å². The highest BCUT2D eigenvalue weighted by Crippen LogP contribution is 2.23. The third kappa shape index (κ3) is 2.65. The SMILES string of the molecule is C[C@H]1C[C@H](C)CN(C(=O)c2ccccc2F)C1. The van der Waals surface area contributed by atoms with Gasteiger partial charge in [-0.25, -0.2) is 4.39 Å². The van der Waals surface area contributed by atoms with Gasteiger partial charge in [-0.3, -0.25) is 4.79 Å². The summed E-state index contributed by atoms with van der Waals surface area (Å²) in [4.78, 5) is 14.0. The zero-order chi connectivity index (χ0) is 12.4. The van der Waals surface area contributed by atoms with Gasteiger partial charge in [0.1, 0.15) is 5.82 Å². The van der Waals surface area contributed by atoms with Crippen molar-refractivity contribution in [3.8, 4) is 0 Å².